The van der Waals surface area contributed by atoms with Crippen molar-refractivity contribution in [3.8, 4) is 11.1 Å². The molecule has 1 aliphatic heterocycles. The zero-order chi connectivity index (χ0) is 21.8. The highest BCUT2D eigenvalue weighted by molar-refractivity contribution is 6.07. The van der Waals surface area contributed by atoms with Crippen molar-refractivity contribution in [3.05, 3.63) is 66.7 Å². The van der Waals surface area contributed by atoms with Gasteiger partial charge < -0.3 is 10.1 Å². The Kier molecular flexibility index (Phi) is 5.93. The number of carbonyl (C=O) groups excluding carboxylic acids is 4. The Morgan fingerprint density at radius 3 is 2.06 bits per heavy atom. The van der Waals surface area contributed by atoms with Gasteiger partial charge in [0, 0.05) is 5.69 Å². The molecule has 2 aromatic carbocycles. The Morgan fingerprint density at radius 1 is 0.871 bits per heavy atom. The molecular formula is C24H22N2O5. The lowest BCUT2D eigenvalue weighted by molar-refractivity contribution is -0.154. The van der Waals surface area contributed by atoms with Crippen molar-refractivity contribution in [2.24, 2.45) is 11.8 Å². The summed E-state index contributed by atoms with van der Waals surface area (Å²) in [5, 5.41) is 2.66. The SMILES string of the molecule is O=C(COC(=O)CN1C(=O)[C@H]2CC=CC[C@@H]2C1=O)Nc1ccc(-c2ccccc2)cc1. The van der Waals surface area contributed by atoms with E-state index < -0.39 is 36.9 Å². The number of allylic oxidation sites excluding steroid dienone is 2. The molecule has 1 saturated heterocycles. The third-order valence-electron chi connectivity index (χ3n) is 5.53. The first kappa shape index (κ1) is 20.5. The number of anilines is 1. The van der Waals surface area contributed by atoms with Crippen LogP contribution in [0, 0.1) is 11.8 Å². The van der Waals surface area contributed by atoms with E-state index in [1.807, 2.05) is 54.6 Å². The van der Waals surface area contributed by atoms with Crippen LogP contribution in [0.25, 0.3) is 11.1 Å². The summed E-state index contributed by atoms with van der Waals surface area (Å²) in [6, 6.07) is 17.1. The van der Waals surface area contributed by atoms with Crippen molar-refractivity contribution < 1.29 is 23.9 Å². The zero-order valence-corrected chi connectivity index (χ0v) is 16.8. The zero-order valence-electron chi connectivity index (χ0n) is 16.8. The number of hydrogen-bond acceptors (Lipinski definition) is 5. The topological polar surface area (TPSA) is 92.8 Å². The Balaban J connectivity index is 1.26. The minimum absolute atomic E-state index is 0.348. The average molecular weight is 418 g/mol. The van der Waals surface area contributed by atoms with Crippen LogP contribution in [0.1, 0.15) is 12.8 Å². The van der Waals surface area contributed by atoms with Crippen molar-refractivity contribution >= 4 is 29.4 Å². The van der Waals surface area contributed by atoms with Gasteiger partial charge in [-0.1, -0.05) is 54.6 Å². The second-order valence-corrected chi connectivity index (χ2v) is 7.57. The predicted octanol–water partition coefficient (Wildman–Crippen LogP) is 2.79. The van der Waals surface area contributed by atoms with E-state index in [-0.39, 0.29) is 11.8 Å². The molecule has 0 unspecified atom stereocenters. The molecule has 0 aromatic heterocycles. The summed E-state index contributed by atoms with van der Waals surface area (Å²) < 4.78 is 4.97. The first-order chi connectivity index (χ1) is 15.0. The molecule has 0 radical (unpaired) electrons. The number of ether oxygens (including phenoxy) is 1. The summed E-state index contributed by atoms with van der Waals surface area (Å²) in [4.78, 5) is 49.9. The summed E-state index contributed by atoms with van der Waals surface area (Å²) in [7, 11) is 0. The van der Waals surface area contributed by atoms with Crippen molar-refractivity contribution in [3.63, 3.8) is 0 Å². The molecule has 1 heterocycles. The van der Waals surface area contributed by atoms with E-state index in [1.165, 1.54) is 0 Å². The number of carbonyl (C=O) groups is 4. The number of rotatable bonds is 6. The molecule has 1 aliphatic carbocycles. The van der Waals surface area contributed by atoms with Gasteiger partial charge in [-0.2, -0.15) is 0 Å². The van der Waals surface area contributed by atoms with Crippen LogP contribution in [-0.4, -0.2) is 41.7 Å². The molecule has 0 saturated carbocycles. The van der Waals surface area contributed by atoms with Crippen molar-refractivity contribution in [2.75, 3.05) is 18.5 Å². The summed E-state index contributed by atoms with van der Waals surface area (Å²) in [6.07, 6.45) is 4.77. The first-order valence-corrected chi connectivity index (χ1v) is 10.1. The normalized spacial score (nSPS) is 19.8. The molecule has 2 aliphatic rings. The highest BCUT2D eigenvalue weighted by Gasteiger charge is 2.47. The van der Waals surface area contributed by atoms with Crippen LogP contribution in [0.4, 0.5) is 5.69 Å². The van der Waals surface area contributed by atoms with E-state index in [9.17, 15) is 19.2 Å². The number of likely N-dealkylation sites (tertiary alicyclic amines) is 1. The minimum Gasteiger partial charge on any atom is -0.454 e. The highest BCUT2D eigenvalue weighted by Crippen LogP contribution is 2.34. The molecule has 2 atom stereocenters. The number of amides is 3. The van der Waals surface area contributed by atoms with Crippen LogP contribution in [0.5, 0.6) is 0 Å². The lowest BCUT2D eigenvalue weighted by atomic mass is 9.85. The van der Waals surface area contributed by atoms with Gasteiger partial charge in [0.2, 0.25) is 11.8 Å². The van der Waals surface area contributed by atoms with E-state index in [4.69, 9.17) is 4.74 Å². The molecule has 3 amide bonds. The number of fused-ring (bicyclic) bond motifs is 1. The quantitative estimate of drug-likeness (QED) is 0.442. The van der Waals surface area contributed by atoms with Gasteiger partial charge in [0.15, 0.2) is 6.61 Å². The summed E-state index contributed by atoms with van der Waals surface area (Å²) >= 11 is 0. The third kappa shape index (κ3) is 4.55. The third-order valence-corrected chi connectivity index (χ3v) is 5.53. The monoisotopic (exact) mass is 418 g/mol. The van der Waals surface area contributed by atoms with Crippen LogP contribution < -0.4 is 5.32 Å². The van der Waals surface area contributed by atoms with Gasteiger partial charge in [0.1, 0.15) is 6.54 Å². The molecule has 158 valence electrons. The number of nitrogens with one attached hydrogen (secondary N) is 1. The standard InChI is InChI=1S/C24H22N2O5/c27-21(25-18-12-10-17(11-13-18)16-6-2-1-3-7-16)15-31-22(28)14-26-23(29)19-8-4-5-9-20(19)24(26)30/h1-7,10-13,19-20H,8-9,14-15H2,(H,25,27)/t19-,20-/m0/s1. The number of imide groups is 1. The smallest absolute Gasteiger partial charge is 0.326 e. The van der Waals surface area contributed by atoms with Gasteiger partial charge in [-0.15, -0.1) is 0 Å². The fraction of sp³-hybridized carbons (Fsp3) is 0.250. The van der Waals surface area contributed by atoms with Crippen LogP contribution in [-0.2, 0) is 23.9 Å². The van der Waals surface area contributed by atoms with Crippen LogP contribution >= 0.6 is 0 Å². The van der Waals surface area contributed by atoms with Crippen molar-refractivity contribution in [1.82, 2.24) is 4.90 Å². The van der Waals surface area contributed by atoms with Gasteiger partial charge in [-0.05, 0) is 36.1 Å². The van der Waals surface area contributed by atoms with Crippen LogP contribution in [0.3, 0.4) is 0 Å². The molecule has 1 N–H and O–H groups in total. The van der Waals surface area contributed by atoms with Gasteiger partial charge in [-0.25, -0.2) is 0 Å². The molecule has 7 nitrogen and oxygen atoms in total. The Hall–Kier alpha value is -3.74. The molecule has 0 spiro atoms. The number of hydrogen-bond donors (Lipinski definition) is 1. The van der Waals surface area contributed by atoms with Gasteiger partial charge >= 0.3 is 5.97 Å². The fourth-order valence-electron chi connectivity index (χ4n) is 3.92. The van der Waals surface area contributed by atoms with E-state index >= 15 is 0 Å². The van der Waals surface area contributed by atoms with Gasteiger partial charge in [0.25, 0.3) is 5.91 Å². The maximum atomic E-state index is 12.4. The van der Waals surface area contributed by atoms with Crippen LogP contribution in [0.2, 0.25) is 0 Å². The van der Waals surface area contributed by atoms with Gasteiger partial charge in [0.05, 0.1) is 11.8 Å². The summed E-state index contributed by atoms with van der Waals surface area (Å²) in [6.45, 7) is -0.965. The van der Waals surface area contributed by atoms with E-state index in [0.717, 1.165) is 16.0 Å². The number of esters is 1. The molecular weight excluding hydrogens is 396 g/mol. The molecule has 31 heavy (non-hydrogen) atoms. The lowest BCUT2D eigenvalue weighted by Crippen LogP contribution is -2.37. The first-order valence-electron chi connectivity index (χ1n) is 10.1. The van der Waals surface area contributed by atoms with Crippen molar-refractivity contribution in [1.29, 1.82) is 0 Å². The molecule has 0 bridgehead atoms. The molecule has 2 aromatic rings. The lowest BCUT2D eigenvalue weighted by Gasteiger charge is -2.14. The molecule has 7 heteroatoms. The van der Waals surface area contributed by atoms with Gasteiger partial charge in [-0.3, -0.25) is 24.1 Å². The van der Waals surface area contributed by atoms with Crippen LogP contribution in [0.15, 0.2) is 66.7 Å². The Morgan fingerprint density at radius 2 is 1.45 bits per heavy atom. The van der Waals surface area contributed by atoms with E-state index in [1.54, 1.807) is 12.1 Å². The summed E-state index contributed by atoms with van der Waals surface area (Å²) in [5.41, 5.74) is 2.65. The Labute approximate surface area is 179 Å². The second kappa shape index (κ2) is 8.95. The van der Waals surface area contributed by atoms with E-state index in [2.05, 4.69) is 5.32 Å². The largest absolute Gasteiger partial charge is 0.454 e. The maximum absolute atomic E-state index is 12.4. The summed E-state index contributed by atoms with van der Waals surface area (Å²) in [5.74, 6) is -2.78. The highest BCUT2D eigenvalue weighted by atomic mass is 16.5. The molecule has 4 rings (SSSR count). The molecule has 1 fully saturated rings. The number of benzene rings is 2. The fourth-order valence-corrected chi connectivity index (χ4v) is 3.92. The maximum Gasteiger partial charge on any atom is 0.326 e. The average Bonchev–Trinajstić information content (AvgIpc) is 3.04. The van der Waals surface area contributed by atoms with Crippen molar-refractivity contribution in [2.45, 2.75) is 12.8 Å². The number of nitrogens with zero attached hydrogens (tertiary/aromatic N) is 1. The van der Waals surface area contributed by atoms with E-state index in [0.29, 0.717) is 18.5 Å². The second-order valence-electron chi connectivity index (χ2n) is 7.57. The Bertz CT molecular complexity index is 1000. The predicted molar refractivity (Wildman–Crippen MR) is 114 cm³/mol. The minimum atomic E-state index is -0.789.